The molecule has 0 aliphatic carbocycles. The van der Waals surface area contributed by atoms with Crippen LogP contribution in [0.2, 0.25) is 0 Å². The Kier molecular flexibility index (Phi) is 6.49. The van der Waals surface area contributed by atoms with E-state index in [1.807, 2.05) is 6.07 Å². The Morgan fingerprint density at radius 2 is 1.56 bits per heavy atom. The van der Waals surface area contributed by atoms with Crippen LogP contribution in [0.15, 0.2) is 90.1 Å². The summed E-state index contributed by atoms with van der Waals surface area (Å²) in [7, 11) is 0. The van der Waals surface area contributed by atoms with Crippen molar-refractivity contribution in [2.75, 3.05) is 6.61 Å². The molecule has 0 spiro atoms. The van der Waals surface area contributed by atoms with Crippen LogP contribution in [0.3, 0.4) is 0 Å². The van der Waals surface area contributed by atoms with Crippen LogP contribution in [0.25, 0.3) is 16.8 Å². The number of aromatic nitrogens is 1. The van der Waals surface area contributed by atoms with Gasteiger partial charge in [0.2, 0.25) is 11.8 Å². The van der Waals surface area contributed by atoms with E-state index >= 15 is 0 Å². The van der Waals surface area contributed by atoms with E-state index in [2.05, 4.69) is 5.18 Å². The molecule has 170 valence electrons. The summed E-state index contributed by atoms with van der Waals surface area (Å²) in [5.41, 5.74) is 1.61. The fourth-order valence-electron chi connectivity index (χ4n) is 3.71. The first kappa shape index (κ1) is 22.5. The van der Waals surface area contributed by atoms with Gasteiger partial charge in [-0.15, -0.1) is 4.91 Å². The van der Waals surface area contributed by atoms with E-state index in [0.29, 0.717) is 27.5 Å². The summed E-state index contributed by atoms with van der Waals surface area (Å²) in [5, 5.41) is 25.0. The number of ether oxygens (including phenoxy) is 1. The predicted octanol–water partition coefficient (Wildman–Crippen LogP) is 4.81. The number of rotatable bonds is 7. The minimum absolute atomic E-state index is 0.147. The van der Waals surface area contributed by atoms with Crippen LogP contribution in [-0.4, -0.2) is 33.3 Å². The molecule has 8 heteroatoms. The summed E-state index contributed by atoms with van der Waals surface area (Å²) in [4.78, 5) is 34.0. The van der Waals surface area contributed by atoms with Crippen LogP contribution in [0.4, 0.5) is 0 Å². The molecule has 0 aliphatic heterocycles. The number of nitrogens with zero attached hydrogens (tertiary/aromatic N) is 2. The quantitative estimate of drug-likeness (QED) is 0.234. The largest absolute Gasteiger partial charge is 0.494 e. The smallest absolute Gasteiger partial charge is 0.338 e. The van der Waals surface area contributed by atoms with Gasteiger partial charge in [0.25, 0.3) is 0 Å². The number of esters is 1. The summed E-state index contributed by atoms with van der Waals surface area (Å²) in [5.74, 6) is -1.92. The number of nitroso groups, excluding NO2 is 1. The van der Waals surface area contributed by atoms with Crippen molar-refractivity contribution in [2.45, 2.75) is 6.04 Å². The van der Waals surface area contributed by atoms with Gasteiger partial charge in [-0.05, 0) is 41.5 Å². The maximum atomic E-state index is 12.5. The van der Waals surface area contributed by atoms with Crippen molar-refractivity contribution in [1.82, 2.24) is 4.57 Å². The van der Waals surface area contributed by atoms with Crippen molar-refractivity contribution >= 4 is 28.7 Å². The number of carbonyl (C=O) groups is 2. The second-order valence-corrected chi connectivity index (χ2v) is 7.48. The molecule has 2 N–H and O–H groups in total. The molecule has 0 saturated carbocycles. The number of hydrogen-bond acceptors (Lipinski definition) is 6. The summed E-state index contributed by atoms with van der Waals surface area (Å²) in [6.45, 7) is -0.147. The minimum atomic E-state index is -0.936. The van der Waals surface area contributed by atoms with Gasteiger partial charge in [0.1, 0.15) is 6.61 Å². The average Bonchev–Trinajstić information content (AvgIpc) is 3.13. The third kappa shape index (κ3) is 4.56. The number of carbonyl (C=O) groups excluding carboxylic acids is 2. The molecule has 0 aliphatic rings. The van der Waals surface area contributed by atoms with Crippen LogP contribution in [0, 0.1) is 4.91 Å². The molecule has 1 heterocycles. The number of amides is 1. The van der Waals surface area contributed by atoms with Gasteiger partial charge in [-0.2, -0.15) is 0 Å². The van der Waals surface area contributed by atoms with Gasteiger partial charge in [-0.25, -0.2) is 4.79 Å². The molecule has 4 aromatic rings. The summed E-state index contributed by atoms with van der Waals surface area (Å²) >= 11 is 0. The molecule has 3 aromatic carbocycles. The van der Waals surface area contributed by atoms with Gasteiger partial charge in [0, 0.05) is 22.0 Å². The SMILES string of the molecule is O=NC(=O)/C=C/c1ccc2c(O)n([C@@H](COC(=O)c3ccccc3)c3ccccc3)c(O)c2c1. The fourth-order valence-corrected chi connectivity index (χ4v) is 3.71. The molecule has 1 amide bonds. The molecule has 4 rings (SSSR count). The summed E-state index contributed by atoms with van der Waals surface area (Å²) < 4.78 is 6.83. The number of aromatic hydroxyl groups is 2. The van der Waals surface area contributed by atoms with E-state index in [1.165, 1.54) is 10.6 Å². The standard InChI is InChI=1S/C26H20N2O6/c29-23(27-33)14-12-17-11-13-20-21(15-17)25(31)28(24(20)30)22(18-7-3-1-4-8-18)16-34-26(32)19-9-5-2-6-10-19/h1-15,22,30-31H,16H2/b14-12+/t22-/m0/s1. The molecule has 1 aromatic heterocycles. The van der Waals surface area contributed by atoms with Crippen LogP contribution < -0.4 is 0 Å². The maximum absolute atomic E-state index is 12.5. The predicted molar refractivity (Wildman–Crippen MR) is 126 cm³/mol. The van der Waals surface area contributed by atoms with Gasteiger partial charge in [-0.1, -0.05) is 54.6 Å². The lowest BCUT2D eigenvalue weighted by atomic mass is 10.1. The summed E-state index contributed by atoms with van der Waals surface area (Å²) in [6.07, 6.45) is 2.39. The molecule has 0 fully saturated rings. The highest BCUT2D eigenvalue weighted by Gasteiger charge is 2.26. The summed E-state index contributed by atoms with van der Waals surface area (Å²) in [6, 6.07) is 21.6. The Labute approximate surface area is 194 Å². The van der Waals surface area contributed by atoms with Crippen LogP contribution >= 0.6 is 0 Å². The first-order chi connectivity index (χ1) is 16.5. The van der Waals surface area contributed by atoms with Gasteiger partial charge in [0.05, 0.1) is 11.6 Å². The van der Waals surface area contributed by atoms with E-state index in [0.717, 1.165) is 6.08 Å². The van der Waals surface area contributed by atoms with Gasteiger partial charge in [-0.3, -0.25) is 9.36 Å². The van der Waals surface area contributed by atoms with Gasteiger partial charge >= 0.3 is 11.9 Å². The molecule has 0 unspecified atom stereocenters. The fraction of sp³-hybridized carbons (Fsp3) is 0.0769. The number of hydrogen-bond donors (Lipinski definition) is 2. The Bertz CT molecular complexity index is 1380. The third-order valence-electron chi connectivity index (χ3n) is 5.37. The van der Waals surface area contributed by atoms with Crippen molar-refractivity contribution in [3.05, 3.63) is 107 Å². The van der Waals surface area contributed by atoms with Crippen molar-refractivity contribution in [1.29, 1.82) is 0 Å². The molecule has 0 bridgehead atoms. The Hall–Kier alpha value is -4.72. The first-order valence-electron chi connectivity index (χ1n) is 10.4. The molecule has 1 atom stereocenters. The Morgan fingerprint density at radius 3 is 2.24 bits per heavy atom. The van der Waals surface area contributed by atoms with Crippen molar-refractivity contribution in [3.8, 4) is 11.8 Å². The zero-order valence-electron chi connectivity index (χ0n) is 17.9. The van der Waals surface area contributed by atoms with Crippen LogP contribution in [0.5, 0.6) is 11.8 Å². The zero-order valence-corrected chi connectivity index (χ0v) is 17.9. The van der Waals surface area contributed by atoms with E-state index in [-0.39, 0.29) is 18.4 Å². The lowest BCUT2D eigenvalue weighted by molar-refractivity contribution is -0.113. The van der Waals surface area contributed by atoms with Crippen molar-refractivity contribution in [2.24, 2.45) is 5.18 Å². The lowest BCUT2D eigenvalue weighted by Crippen LogP contribution is -2.19. The van der Waals surface area contributed by atoms with Crippen LogP contribution in [0.1, 0.15) is 27.5 Å². The van der Waals surface area contributed by atoms with Crippen molar-refractivity contribution in [3.63, 3.8) is 0 Å². The molecular weight excluding hydrogens is 436 g/mol. The highest BCUT2D eigenvalue weighted by Crippen LogP contribution is 2.41. The highest BCUT2D eigenvalue weighted by molar-refractivity contribution is 5.96. The zero-order chi connectivity index (χ0) is 24.1. The number of fused-ring (bicyclic) bond motifs is 1. The van der Waals surface area contributed by atoms with Crippen LogP contribution in [-0.2, 0) is 9.53 Å². The lowest BCUT2D eigenvalue weighted by Gasteiger charge is -2.21. The van der Waals surface area contributed by atoms with Gasteiger partial charge < -0.3 is 14.9 Å². The molecule has 8 nitrogen and oxygen atoms in total. The third-order valence-corrected chi connectivity index (χ3v) is 5.37. The monoisotopic (exact) mass is 456 g/mol. The maximum Gasteiger partial charge on any atom is 0.338 e. The second kappa shape index (κ2) is 9.83. The molecular formula is C26H20N2O6. The molecule has 0 radical (unpaired) electrons. The topological polar surface area (TPSA) is 118 Å². The second-order valence-electron chi connectivity index (χ2n) is 7.48. The highest BCUT2D eigenvalue weighted by atomic mass is 16.5. The van der Waals surface area contributed by atoms with E-state index < -0.39 is 17.9 Å². The van der Waals surface area contributed by atoms with E-state index in [1.54, 1.807) is 72.8 Å². The van der Waals surface area contributed by atoms with E-state index in [9.17, 15) is 24.7 Å². The minimum Gasteiger partial charge on any atom is -0.494 e. The first-order valence-corrected chi connectivity index (χ1v) is 10.4. The average molecular weight is 456 g/mol. The Balaban J connectivity index is 1.73. The van der Waals surface area contributed by atoms with Crippen molar-refractivity contribution < 1.29 is 24.5 Å². The number of benzene rings is 3. The molecule has 34 heavy (non-hydrogen) atoms. The van der Waals surface area contributed by atoms with Gasteiger partial charge in [0.15, 0.2) is 0 Å². The normalized spacial score (nSPS) is 12.0. The molecule has 0 saturated heterocycles. The Morgan fingerprint density at radius 1 is 0.912 bits per heavy atom. The van der Waals surface area contributed by atoms with E-state index in [4.69, 9.17) is 4.74 Å².